The van der Waals surface area contributed by atoms with Gasteiger partial charge >= 0.3 is 0 Å². The van der Waals surface area contributed by atoms with Crippen LogP contribution in [0.1, 0.15) is 18.1 Å². The average Bonchev–Trinajstić information content (AvgIpc) is 3.21. The monoisotopic (exact) mass is 479 g/mol. The molecular weight excluding hydrogens is 461 g/mol. The van der Waals surface area contributed by atoms with Gasteiger partial charge in [0.2, 0.25) is 6.79 Å². The van der Waals surface area contributed by atoms with Crippen molar-refractivity contribution in [1.82, 2.24) is 0 Å². The number of halogens is 3. The number of rotatable bonds is 8. The maximum Gasteiger partial charge on any atom is 0.231 e. The molecule has 0 aliphatic carbocycles. The van der Waals surface area contributed by atoms with Crippen LogP contribution in [0.5, 0.6) is 23.0 Å². The first-order valence-corrected chi connectivity index (χ1v) is 10.8. The van der Waals surface area contributed by atoms with E-state index in [9.17, 15) is 0 Å². The number of fused-ring (bicyclic) bond motifs is 1. The summed E-state index contributed by atoms with van der Waals surface area (Å²) in [4.78, 5) is 0. The lowest BCUT2D eigenvalue weighted by Crippen LogP contribution is -2.04. The first-order valence-electron chi connectivity index (χ1n) is 9.69. The zero-order valence-electron chi connectivity index (χ0n) is 16.7. The third kappa shape index (κ3) is 5.24. The molecule has 0 bridgehead atoms. The van der Waals surface area contributed by atoms with E-state index in [0.717, 1.165) is 28.3 Å². The van der Waals surface area contributed by atoms with E-state index in [2.05, 4.69) is 5.32 Å². The smallest absolute Gasteiger partial charge is 0.231 e. The molecule has 1 aliphatic heterocycles. The molecule has 1 aliphatic rings. The summed E-state index contributed by atoms with van der Waals surface area (Å²) >= 11 is 18.7. The minimum absolute atomic E-state index is 0.241. The van der Waals surface area contributed by atoms with Crippen LogP contribution >= 0.6 is 34.8 Å². The van der Waals surface area contributed by atoms with Crippen molar-refractivity contribution >= 4 is 40.5 Å². The molecule has 0 spiro atoms. The van der Waals surface area contributed by atoms with E-state index in [1.807, 2.05) is 43.3 Å². The summed E-state index contributed by atoms with van der Waals surface area (Å²) in [6.07, 6.45) is 0. The molecule has 1 heterocycles. The normalized spacial score (nSPS) is 12.0. The molecule has 0 amide bonds. The van der Waals surface area contributed by atoms with E-state index < -0.39 is 0 Å². The fourth-order valence-electron chi connectivity index (χ4n) is 3.13. The Morgan fingerprint density at radius 1 is 0.903 bits per heavy atom. The van der Waals surface area contributed by atoms with Crippen LogP contribution in [-0.2, 0) is 13.2 Å². The highest BCUT2D eigenvalue weighted by molar-refractivity contribution is 6.35. The fraction of sp³-hybridized carbons (Fsp3) is 0.217. The van der Waals surface area contributed by atoms with Crippen molar-refractivity contribution in [3.05, 3.63) is 74.7 Å². The largest absolute Gasteiger partial charge is 0.490 e. The van der Waals surface area contributed by atoms with Gasteiger partial charge < -0.3 is 24.3 Å². The summed E-state index contributed by atoms with van der Waals surface area (Å²) in [7, 11) is 0. The highest BCUT2D eigenvalue weighted by Gasteiger charge is 2.15. The summed E-state index contributed by atoms with van der Waals surface area (Å²) in [6.45, 7) is 3.42. The summed E-state index contributed by atoms with van der Waals surface area (Å²) in [5.41, 5.74) is 2.66. The summed E-state index contributed by atoms with van der Waals surface area (Å²) in [5.74, 6) is 2.51. The zero-order chi connectivity index (χ0) is 21.8. The number of nitrogens with one attached hydrogen (secondary N) is 1. The van der Waals surface area contributed by atoms with Gasteiger partial charge in [0, 0.05) is 33.9 Å². The van der Waals surface area contributed by atoms with Gasteiger partial charge in [-0.3, -0.25) is 0 Å². The van der Waals surface area contributed by atoms with Gasteiger partial charge in [-0.25, -0.2) is 0 Å². The molecule has 0 saturated carbocycles. The SMILES string of the molecule is CCOc1cc(CNc2ccc3c(c2)OCO3)cc(Cl)c1OCc1ccc(Cl)cc1Cl. The Morgan fingerprint density at radius 3 is 2.55 bits per heavy atom. The quantitative estimate of drug-likeness (QED) is 0.377. The maximum absolute atomic E-state index is 6.54. The van der Waals surface area contributed by atoms with Gasteiger partial charge in [0.25, 0.3) is 0 Å². The van der Waals surface area contributed by atoms with E-state index in [-0.39, 0.29) is 13.4 Å². The number of benzene rings is 3. The van der Waals surface area contributed by atoms with Crippen molar-refractivity contribution in [1.29, 1.82) is 0 Å². The molecule has 8 heteroatoms. The maximum atomic E-state index is 6.54. The van der Waals surface area contributed by atoms with Gasteiger partial charge in [-0.05, 0) is 48.9 Å². The van der Waals surface area contributed by atoms with Crippen LogP contribution in [0.4, 0.5) is 5.69 Å². The lowest BCUT2D eigenvalue weighted by Gasteiger charge is -2.16. The lowest BCUT2D eigenvalue weighted by atomic mass is 10.2. The van der Waals surface area contributed by atoms with Crippen LogP contribution in [0.25, 0.3) is 0 Å². The van der Waals surface area contributed by atoms with Crippen molar-refractivity contribution in [2.45, 2.75) is 20.1 Å². The van der Waals surface area contributed by atoms with Gasteiger partial charge in [-0.1, -0.05) is 40.9 Å². The first kappa shape index (κ1) is 21.8. The Morgan fingerprint density at radius 2 is 1.74 bits per heavy atom. The Labute approximate surface area is 195 Å². The Bertz CT molecular complexity index is 1090. The molecule has 4 rings (SSSR count). The Hall–Kier alpha value is -2.47. The van der Waals surface area contributed by atoms with Crippen molar-refractivity contribution in [3.8, 4) is 23.0 Å². The number of anilines is 1. The molecule has 0 fully saturated rings. The van der Waals surface area contributed by atoms with E-state index in [1.54, 1.807) is 12.1 Å². The third-order valence-electron chi connectivity index (χ3n) is 4.63. The molecule has 5 nitrogen and oxygen atoms in total. The van der Waals surface area contributed by atoms with E-state index in [0.29, 0.717) is 39.7 Å². The lowest BCUT2D eigenvalue weighted by molar-refractivity contribution is 0.174. The molecule has 0 unspecified atom stereocenters. The summed E-state index contributed by atoms with van der Waals surface area (Å²) in [5, 5.41) is 4.92. The molecule has 31 heavy (non-hydrogen) atoms. The second-order valence-electron chi connectivity index (χ2n) is 6.78. The van der Waals surface area contributed by atoms with Crippen molar-refractivity contribution in [2.75, 3.05) is 18.7 Å². The first-order chi connectivity index (χ1) is 15.0. The molecule has 0 atom stereocenters. The average molecular weight is 481 g/mol. The molecule has 3 aromatic carbocycles. The molecule has 0 aromatic heterocycles. The van der Waals surface area contributed by atoms with Crippen LogP contribution < -0.4 is 24.3 Å². The summed E-state index contributed by atoms with van der Waals surface area (Å²) in [6, 6.07) is 14.7. The number of hydrogen-bond donors (Lipinski definition) is 1. The highest BCUT2D eigenvalue weighted by atomic mass is 35.5. The molecular formula is C23H20Cl3NO4. The van der Waals surface area contributed by atoms with Gasteiger partial charge in [-0.15, -0.1) is 0 Å². The second-order valence-corrected chi connectivity index (χ2v) is 8.03. The van der Waals surface area contributed by atoms with Crippen molar-refractivity contribution < 1.29 is 18.9 Å². The van der Waals surface area contributed by atoms with E-state index >= 15 is 0 Å². The second kappa shape index (κ2) is 9.77. The predicted molar refractivity (Wildman–Crippen MR) is 123 cm³/mol. The zero-order valence-corrected chi connectivity index (χ0v) is 19.0. The highest BCUT2D eigenvalue weighted by Crippen LogP contribution is 2.38. The minimum atomic E-state index is 0.241. The predicted octanol–water partition coefficient (Wildman–Crippen LogP) is 6.97. The molecule has 0 saturated heterocycles. The molecule has 162 valence electrons. The van der Waals surface area contributed by atoms with Crippen LogP contribution in [-0.4, -0.2) is 13.4 Å². The van der Waals surface area contributed by atoms with Gasteiger partial charge in [0.1, 0.15) is 6.61 Å². The van der Waals surface area contributed by atoms with Gasteiger partial charge in [0.15, 0.2) is 23.0 Å². The van der Waals surface area contributed by atoms with E-state index in [4.69, 9.17) is 53.8 Å². The Balaban J connectivity index is 1.48. The molecule has 1 N–H and O–H groups in total. The minimum Gasteiger partial charge on any atom is -0.490 e. The van der Waals surface area contributed by atoms with Crippen LogP contribution in [0, 0.1) is 0 Å². The third-order valence-corrected chi connectivity index (χ3v) is 5.49. The fourth-order valence-corrected chi connectivity index (χ4v) is 3.88. The van der Waals surface area contributed by atoms with Crippen LogP contribution in [0.15, 0.2) is 48.5 Å². The van der Waals surface area contributed by atoms with Crippen molar-refractivity contribution in [3.63, 3.8) is 0 Å². The number of ether oxygens (including phenoxy) is 4. The number of hydrogen-bond acceptors (Lipinski definition) is 5. The van der Waals surface area contributed by atoms with Crippen molar-refractivity contribution in [2.24, 2.45) is 0 Å². The molecule has 3 aromatic rings. The van der Waals surface area contributed by atoms with E-state index in [1.165, 1.54) is 0 Å². The Kier molecular flexibility index (Phi) is 6.86. The standard InChI is InChI=1S/C23H20Cl3NO4/c1-2-28-22-8-14(11-27-17-5-6-20-21(10-17)31-13-30-20)7-19(26)23(22)29-12-15-3-4-16(24)9-18(15)25/h3-10,27H,2,11-13H2,1H3. The van der Waals surface area contributed by atoms with Crippen LogP contribution in [0.3, 0.4) is 0 Å². The molecule has 0 radical (unpaired) electrons. The van der Waals surface area contributed by atoms with Gasteiger partial charge in [0.05, 0.1) is 11.6 Å². The van der Waals surface area contributed by atoms with Gasteiger partial charge in [-0.2, -0.15) is 0 Å². The summed E-state index contributed by atoms with van der Waals surface area (Å²) < 4.78 is 22.5. The topological polar surface area (TPSA) is 49.0 Å². The van der Waals surface area contributed by atoms with Crippen LogP contribution in [0.2, 0.25) is 15.1 Å².